The maximum Gasteiger partial charge on any atom is 0.312 e. The summed E-state index contributed by atoms with van der Waals surface area (Å²) in [5, 5.41) is 2.42. The molecule has 2 rings (SSSR count). The topological polar surface area (TPSA) is 113 Å². The van der Waals surface area contributed by atoms with E-state index in [1.165, 1.54) is 4.90 Å². The first-order chi connectivity index (χ1) is 13.0. The molecular formula is C17H24F2N4O4S. The van der Waals surface area contributed by atoms with Gasteiger partial charge in [0.1, 0.15) is 22.6 Å². The summed E-state index contributed by atoms with van der Waals surface area (Å²) in [6.07, 6.45) is 0.390. The lowest BCUT2D eigenvalue weighted by Crippen LogP contribution is -2.56. The molecule has 1 aromatic carbocycles. The van der Waals surface area contributed by atoms with E-state index in [0.29, 0.717) is 12.5 Å². The predicted molar refractivity (Wildman–Crippen MR) is 97.7 cm³/mol. The van der Waals surface area contributed by atoms with Crippen molar-refractivity contribution in [2.45, 2.75) is 31.2 Å². The lowest BCUT2D eigenvalue weighted by molar-refractivity contribution is -0.134. The molecule has 0 saturated carbocycles. The number of carbonyl (C=O) groups excluding carboxylic acids is 2. The molecule has 1 aromatic rings. The van der Waals surface area contributed by atoms with Crippen molar-refractivity contribution in [1.29, 1.82) is 0 Å². The first kappa shape index (κ1) is 22.0. The molecule has 0 spiro atoms. The van der Waals surface area contributed by atoms with Crippen LogP contribution in [0.4, 0.5) is 13.6 Å². The Morgan fingerprint density at radius 1 is 1.18 bits per heavy atom. The molecule has 1 aliphatic heterocycles. The number of nitrogens with one attached hydrogen (secondary N) is 1. The van der Waals surface area contributed by atoms with Crippen LogP contribution in [0, 0.1) is 17.6 Å². The Kier molecular flexibility index (Phi) is 6.94. The average Bonchev–Trinajstić information content (AvgIpc) is 2.59. The van der Waals surface area contributed by atoms with Crippen LogP contribution in [0.3, 0.4) is 0 Å². The van der Waals surface area contributed by atoms with Gasteiger partial charge in [0.15, 0.2) is 0 Å². The summed E-state index contributed by atoms with van der Waals surface area (Å²) in [5.41, 5.74) is 5.13. The Hall–Kier alpha value is -2.27. The number of primary amides is 1. The van der Waals surface area contributed by atoms with E-state index in [1.54, 1.807) is 0 Å². The van der Waals surface area contributed by atoms with Crippen molar-refractivity contribution in [3.05, 3.63) is 29.8 Å². The fourth-order valence-corrected chi connectivity index (χ4v) is 4.52. The van der Waals surface area contributed by atoms with Gasteiger partial charge in [0.25, 0.3) is 0 Å². The Labute approximate surface area is 162 Å². The van der Waals surface area contributed by atoms with Gasteiger partial charge in [0, 0.05) is 32.2 Å². The Morgan fingerprint density at radius 2 is 1.79 bits per heavy atom. The van der Waals surface area contributed by atoms with Gasteiger partial charge in [-0.05, 0) is 24.5 Å². The van der Waals surface area contributed by atoms with E-state index in [9.17, 15) is 26.8 Å². The van der Waals surface area contributed by atoms with E-state index in [2.05, 4.69) is 5.32 Å². The zero-order valence-corrected chi connectivity index (χ0v) is 16.5. The third kappa shape index (κ3) is 5.16. The monoisotopic (exact) mass is 418 g/mol. The fourth-order valence-electron chi connectivity index (χ4n) is 3.06. The molecule has 156 valence electrons. The molecule has 1 saturated heterocycles. The number of halogens is 2. The molecule has 1 fully saturated rings. The molecule has 28 heavy (non-hydrogen) atoms. The van der Waals surface area contributed by atoms with Crippen molar-refractivity contribution in [3.63, 3.8) is 0 Å². The molecule has 0 aliphatic carbocycles. The van der Waals surface area contributed by atoms with Crippen molar-refractivity contribution >= 4 is 22.0 Å². The highest BCUT2D eigenvalue weighted by atomic mass is 32.2. The van der Waals surface area contributed by atoms with Crippen LogP contribution in [-0.4, -0.2) is 61.8 Å². The van der Waals surface area contributed by atoms with Crippen LogP contribution >= 0.6 is 0 Å². The maximum atomic E-state index is 13.9. The summed E-state index contributed by atoms with van der Waals surface area (Å²) >= 11 is 0. The van der Waals surface area contributed by atoms with E-state index in [1.807, 2.05) is 13.8 Å². The highest BCUT2D eigenvalue weighted by Gasteiger charge is 2.34. The van der Waals surface area contributed by atoms with Crippen molar-refractivity contribution < 1.29 is 26.8 Å². The van der Waals surface area contributed by atoms with E-state index in [4.69, 9.17) is 5.73 Å². The minimum absolute atomic E-state index is 0.0458. The summed E-state index contributed by atoms with van der Waals surface area (Å²) in [6, 6.07) is 0.662. The summed E-state index contributed by atoms with van der Waals surface area (Å²) in [7, 11) is -4.15. The van der Waals surface area contributed by atoms with Crippen LogP contribution in [0.25, 0.3) is 0 Å². The summed E-state index contributed by atoms with van der Waals surface area (Å²) in [6.45, 7) is 3.85. The Bertz CT molecular complexity index is 840. The van der Waals surface area contributed by atoms with Gasteiger partial charge in [-0.15, -0.1) is 0 Å². The second-order valence-electron chi connectivity index (χ2n) is 6.99. The quantitative estimate of drug-likeness (QED) is 0.714. The van der Waals surface area contributed by atoms with Gasteiger partial charge in [-0.1, -0.05) is 13.8 Å². The molecule has 8 nitrogen and oxygen atoms in total. The number of amides is 3. The number of nitrogens with zero attached hydrogens (tertiary/aromatic N) is 2. The summed E-state index contributed by atoms with van der Waals surface area (Å²) < 4.78 is 53.2. The number of hydrogen-bond acceptors (Lipinski definition) is 4. The third-order valence-electron chi connectivity index (χ3n) is 4.38. The highest BCUT2D eigenvalue weighted by molar-refractivity contribution is 7.89. The predicted octanol–water partition coefficient (Wildman–Crippen LogP) is 0.881. The van der Waals surface area contributed by atoms with Gasteiger partial charge in [0.2, 0.25) is 15.9 Å². The number of rotatable bonds is 6. The largest absolute Gasteiger partial charge is 0.352 e. The smallest absolute Gasteiger partial charge is 0.312 e. The molecule has 1 atom stereocenters. The van der Waals surface area contributed by atoms with Crippen molar-refractivity contribution in [2.75, 3.05) is 26.2 Å². The number of sulfonamides is 1. The van der Waals surface area contributed by atoms with Crippen LogP contribution in [0.5, 0.6) is 0 Å². The van der Waals surface area contributed by atoms with Crippen molar-refractivity contribution in [1.82, 2.24) is 14.5 Å². The summed E-state index contributed by atoms with van der Waals surface area (Å²) in [5.74, 6) is -2.26. The van der Waals surface area contributed by atoms with E-state index >= 15 is 0 Å². The van der Waals surface area contributed by atoms with Crippen molar-refractivity contribution in [3.8, 4) is 0 Å². The van der Waals surface area contributed by atoms with Crippen LogP contribution in [0.2, 0.25) is 0 Å². The lowest BCUT2D eigenvalue weighted by Gasteiger charge is -2.36. The van der Waals surface area contributed by atoms with Gasteiger partial charge in [-0.3, -0.25) is 4.79 Å². The van der Waals surface area contributed by atoms with Crippen LogP contribution in [-0.2, 0) is 14.8 Å². The first-order valence-electron chi connectivity index (χ1n) is 8.82. The Balaban J connectivity index is 2.08. The van der Waals surface area contributed by atoms with Gasteiger partial charge >= 0.3 is 6.03 Å². The van der Waals surface area contributed by atoms with E-state index in [0.717, 1.165) is 16.4 Å². The van der Waals surface area contributed by atoms with E-state index < -0.39 is 38.6 Å². The lowest BCUT2D eigenvalue weighted by atomic mass is 10.0. The normalized spacial score (nSPS) is 16.8. The van der Waals surface area contributed by atoms with Gasteiger partial charge in [0.05, 0.1) is 0 Å². The third-order valence-corrected chi connectivity index (χ3v) is 6.32. The molecular weight excluding hydrogens is 394 g/mol. The van der Waals surface area contributed by atoms with Crippen molar-refractivity contribution in [2.24, 2.45) is 11.7 Å². The number of urea groups is 1. The van der Waals surface area contributed by atoms with Crippen LogP contribution < -0.4 is 11.1 Å². The molecule has 3 amide bonds. The van der Waals surface area contributed by atoms with Gasteiger partial charge in [-0.25, -0.2) is 22.0 Å². The molecule has 3 N–H and O–H groups in total. The minimum Gasteiger partial charge on any atom is -0.352 e. The first-order valence-corrected chi connectivity index (χ1v) is 10.3. The average molecular weight is 418 g/mol. The molecule has 0 radical (unpaired) electrons. The number of hydrogen-bond donors (Lipinski definition) is 2. The molecule has 0 aromatic heterocycles. The van der Waals surface area contributed by atoms with Gasteiger partial charge in [-0.2, -0.15) is 4.31 Å². The number of nitrogens with two attached hydrogens (primary N) is 1. The maximum absolute atomic E-state index is 13.9. The highest BCUT2D eigenvalue weighted by Crippen LogP contribution is 2.22. The minimum atomic E-state index is -4.15. The number of piperazine rings is 1. The number of carbonyl (C=O) groups is 2. The van der Waals surface area contributed by atoms with E-state index in [-0.39, 0.29) is 38.0 Å². The Morgan fingerprint density at radius 3 is 2.29 bits per heavy atom. The zero-order chi connectivity index (χ0) is 21.1. The standard InChI is InChI=1S/C17H24F2N4O4S/c1-11(2)9-14(21-17(20)25)16(24)22-5-7-23(8-6-22)28(26,27)15-4-3-12(18)10-13(15)19/h3-4,10-11,14H,5-9H2,1-2H3,(H3,20,21,25)/t14-/m0/s1. The van der Waals surface area contributed by atoms with Gasteiger partial charge < -0.3 is 16.0 Å². The number of benzene rings is 1. The van der Waals surface area contributed by atoms with Crippen LogP contribution in [0.15, 0.2) is 23.1 Å². The SMILES string of the molecule is CC(C)C[C@H](NC(N)=O)C(=O)N1CCN(S(=O)(=O)c2ccc(F)cc2F)CC1. The zero-order valence-electron chi connectivity index (χ0n) is 15.7. The molecule has 1 aliphatic rings. The molecule has 0 bridgehead atoms. The molecule has 1 heterocycles. The fraction of sp³-hybridized carbons (Fsp3) is 0.529. The van der Waals surface area contributed by atoms with Crippen LogP contribution in [0.1, 0.15) is 20.3 Å². The molecule has 0 unspecified atom stereocenters. The molecule has 11 heteroatoms. The second kappa shape index (κ2) is 8.82. The second-order valence-corrected chi connectivity index (χ2v) is 8.90. The summed E-state index contributed by atoms with van der Waals surface area (Å²) in [4.78, 5) is 24.7.